The largest absolute Gasteiger partial charge is 0.546 e. The van der Waals surface area contributed by atoms with Crippen LogP contribution >= 0.6 is 0 Å². The van der Waals surface area contributed by atoms with Crippen LogP contribution in [0.4, 0.5) is 0 Å². The third kappa shape index (κ3) is 5.76. The summed E-state index contributed by atoms with van der Waals surface area (Å²) in [5.74, 6) is 0.0786. The summed E-state index contributed by atoms with van der Waals surface area (Å²) in [5.41, 5.74) is 0. The normalized spacial score (nSPS) is 10.9. The second kappa shape index (κ2) is 9.56. The van der Waals surface area contributed by atoms with Crippen LogP contribution in [0.15, 0.2) is 12.4 Å². The Hall–Kier alpha value is -1.32. The van der Waals surface area contributed by atoms with Gasteiger partial charge in [-0.3, -0.25) is 0 Å². The number of rotatable bonds is 11. The number of carboxylic acid groups (broad SMARTS) is 1. The SMILES string of the molecule is CCCCCCCCCc1n(CC)cc[n+]1CC(=O)[O-]. The molecular weight excluding hydrogens is 252 g/mol. The molecule has 0 bridgehead atoms. The predicted molar refractivity (Wildman–Crippen MR) is 77.0 cm³/mol. The van der Waals surface area contributed by atoms with E-state index >= 15 is 0 Å². The first-order valence-electron chi connectivity index (χ1n) is 7.96. The number of carboxylic acids is 1. The topological polar surface area (TPSA) is 48.9 Å². The van der Waals surface area contributed by atoms with Crippen LogP contribution in [0.2, 0.25) is 0 Å². The van der Waals surface area contributed by atoms with Gasteiger partial charge in [-0.05, 0) is 13.3 Å². The van der Waals surface area contributed by atoms with Gasteiger partial charge in [-0.2, -0.15) is 0 Å². The maximum absolute atomic E-state index is 10.8. The number of carbonyl (C=O) groups excluding carboxylic acids is 1. The average molecular weight is 280 g/mol. The fourth-order valence-electron chi connectivity index (χ4n) is 2.60. The number of aryl methyl sites for hydroxylation is 1. The number of hydrogen-bond acceptors (Lipinski definition) is 2. The van der Waals surface area contributed by atoms with Crippen LogP contribution in [0.3, 0.4) is 0 Å². The highest BCUT2D eigenvalue weighted by atomic mass is 16.4. The van der Waals surface area contributed by atoms with Crippen LogP contribution in [-0.2, 0) is 24.3 Å². The number of imidazole rings is 1. The zero-order valence-electron chi connectivity index (χ0n) is 12.9. The zero-order valence-corrected chi connectivity index (χ0v) is 12.9. The molecule has 1 aromatic heterocycles. The minimum absolute atomic E-state index is 0.0428. The Morgan fingerprint density at radius 1 is 1.15 bits per heavy atom. The molecule has 0 saturated carbocycles. The molecule has 0 N–H and O–H groups in total. The van der Waals surface area contributed by atoms with Gasteiger partial charge in [-0.15, -0.1) is 0 Å². The summed E-state index contributed by atoms with van der Waals surface area (Å²) in [5, 5.41) is 10.8. The van der Waals surface area contributed by atoms with E-state index in [1.807, 2.05) is 12.4 Å². The minimum atomic E-state index is -1.02. The quantitative estimate of drug-likeness (QED) is 0.459. The van der Waals surface area contributed by atoms with Gasteiger partial charge >= 0.3 is 0 Å². The lowest BCUT2D eigenvalue weighted by molar-refractivity contribution is -0.697. The van der Waals surface area contributed by atoms with Gasteiger partial charge in [0.1, 0.15) is 18.9 Å². The molecule has 20 heavy (non-hydrogen) atoms. The number of aromatic nitrogens is 2. The lowest BCUT2D eigenvalue weighted by Gasteiger charge is -2.05. The van der Waals surface area contributed by atoms with Crippen molar-refractivity contribution in [2.24, 2.45) is 0 Å². The number of unbranched alkanes of at least 4 members (excludes halogenated alkanes) is 6. The second-order valence-electron chi connectivity index (χ2n) is 5.37. The fraction of sp³-hybridized carbons (Fsp3) is 0.750. The standard InChI is InChI=1S/C16H28N2O2/c1-3-5-6-7-8-9-10-11-15-17(4-2)12-13-18(15)14-16(19)20/h12-13H,3-11,14H2,1-2H3. The van der Waals surface area contributed by atoms with Crippen molar-refractivity contribution in [2.75, 3.05) is 0 Å². The Labute approximate surface area is 122 Å². The van der Waals surface area contributed by atoms with Gasteiger partial charge in [0.15, 0.2) is 0 Å². The molecule has 114 valence electrons. The van der Waals surface area contributed by atoms with Gasteiger partial charge in [0.25, 0.3) is 5.82 Å². The fourth-order valence-corrected chi connectivity index (χ4v) is 2.60. The molecule has 0 radical (unpaired) electrons. The van der Waals surface area contributed by atoms with E-state index in [1.54, 1.807) is 4.57 Å². The Morgan fingerprint density at radius 3 is 2.40 bits per heavy atom. The summed E-state index contributed by atoms with van der Waals surface area (Å²) in [6.45, 7) is 5.15. The van der Waals surface area contributed by atoms with Crippen LogP contribution in [0.5, 0.6) is 0 Å². The first-order chi connectivity index (χ1) is 9.69. The van der Waals surface area contributed by atoms with E-state index in [9.17, 15) is 9.90 Å². The third-order valence-electron chi connectivity index (χ3n) is 3.73. The number of carbonyl (C=O) groups is 1. The Bertz CT molecular complexity index is 399. The molecule has 0 saturated heterocycles. The van der Waals surface area contributed by atoms with Crippen LogP contribution in [0, 0.1) is 0 Å². The van der Waals surface area contributed by atoms with E-state index in [1.165, 1.54) is 38.5 Å². The molecule has 1 heterocycles. The minimum Gasteiger partial charge on any atom is -0.546 e. The lowest BCUT2D eigenvalue weighted by Crippen LogP contribution is -2.45. The molecule has 0 aliphatic carbocycles. The third-order valence-corrected chi connectivity index (χ3v) is 3.73. The summed E-state index contributed by atoms with van der Waals surface area (Å²) in [4.78, 5) is 10.8. The van der Waals surface area contributed by atoms with Gasteiger partial charge in [0, 0.05) is 6.42 Å². The van der Waals surface area contributed by atoms with Gasteiger partial charge in [0.2, 0.25) is 0 Å². The number of aliphatic carboxylic acids is 1. The molecule has 0 fully saturated rings. The maximum atomic E-state index is 10.8. The molecule has 0 aliphatic rings. The molecular formula is C16H28N2O2. The van der Waals surface area contributed by atoms with E-state index < -0.39 is 5.97 Å². The van der Waals surface area contributed by atoms with Crippen LogP contribution < -0.4 is 9.67 Å². The van der Waals surface area contributed by atoms with E-state index in [2.05, 4.69) is 18.4 Å². The maximum Gasteiger partial charge on any atom is 0.256 e. The molecule has 0 atom stereocenters. The summed E-state index contributed by atoms with van der Waals surface area (Å²) >= 11 is 0. The second-order valence-corrected chi connectivity index (χ2v) is 5.37. The van der Waals surface area contributed by atoms with E-state index in [0.717, 1.165) is 25.2 Å². The monoisotopic (exact) mass is 280 g/mol. The van der Waals surface area contributed by atoms with E-state index in [0.29, 0.717) is 0 Å². The van der Waals surface area contributed by atoms with Crippen LogP contribution in [0.25, 0.3) is 0 Å². The Kier molecular flexibility index (Phi) is 8.00. The molecule has 1 aromatic rings. The number of nitrogens with zero attached hydrogens (tertiary/aromatic N) is 2. The van der Waals surface area contributed by atoms with E-state index in [-0.39, 0.29) is 6.54 Å². The van der Waals surface area contributed by atoms with E-state index in [4.69, 9.17) is 0 Å². The lowest BCUT2D eigenvalue weighted by atomic mass is 10.1. The van der Waals surface area contributed by atoms with Crippen molar-refractivity contribution in [3.05, 3.63) is 18.2 Å². The van der Waals surface area contributed by atoms with Gasteiger partial charge in [0.05, 0.1) is 12.5 Å². The molecule has 0 amide bonds. The van der Waals surface area contributed by atoms with Crippen LogP contribution in [-0.4, -0.2) is 10.5 Å². The molecule has 1 rings (SSSR count). The van der Waals surface area contributed by atoms with Gasteiger partial charge in [-0.1, -0.05) is 45.4 Å². The highest BCUT2D eigenvalue weighted by Gasteiger charge is 2.15. The first-order valence-corrected chi connectivity index (χ1v) is 7.96. The van der Waals surface area contributed by atoms with Gasteiger partial charge < -0.3 is 9.90 Å². The van der Waals surface area contributed by atoms with Crippen molar-refractivity contribution in [1.82, 2.24) is 4.57 Å². The Morgan fingerprint density at radius 2 is 1.80 bits per heavy atom. The van der Waals surface area contributed by atoms with Crippen molar-refractivity contribution < 1.29 is 14.5 Å². The Balaban J connectivity index is 2.37. The van der Waals surface area contributed by atoms with Crippen molar-refractivity contribution in [1.29, 1.82) is 0 Å². The average Bonchev–Trinajstić information content (AvgIpc) is 2.79. The summed E-state index contributed by atoms with van der Waals surface area (Å²) in [6.07, 6.45) is 13.7. The van der Waals surface area contributed by atoms with Crippen LogP contribution in [0.1, 0.15) is 64.6 Å². The zero-order chi connectivity index (χ0) is 14.8. The van der Waals surface area contributed by atoms with Crippen molar-refractivity contribution in [3.63, 3.8) is 0 Å². The molecule has 4 heteroatoms. The van der Waals surface area contributed by atoms with Crippen molar-refractivity contribution in [2.45, 2.75) is 78.3 Å². The van der Waals surface area contributed by atoms with Gasteiger partial charge in [-0.25, -0.2) is 9.13 Å². The first kappa shape index (κ1) is 16.7. The summed E-state index contributed by atoms with van der Waals surface area (Å²) in [6, 6.07) is 0. The summed E-state index contributed by atoms with van der Waals surface area (Å²) < 4.78 is 3.93. The summed E-state index contributed by atoms with van der Waals surface area (Å²) in [7, 11) is 0. The van der Waals surface area contributed by atoms with Crippen molar-refractivity contribution in [3.8, 4) is 0 Å². The number of hydrogen-bond donors (Lipinski definition) is 0. The predicted octanol–water partition coefficient (Wildman–Crippen LogP) is 1.84. The highest BCUT2D eigenvalue weighted by Crippen LogP contribution is 2.09. The molecule has 0 aromatic carbocycles. The van der Waals surface area contributed by atoms with Crippen molar-refractivity contribution >= 4 is 5.97 Å². The molecule has 0 spiro atoms. The molecule has 4 nitrogen and oxygen atoms in total. The molecule has 0 unspecified atom stereocenters. The smallest absolute Gasteiger partial charge is 0.256 e. The highest BCUT2D eigenvalue weighted by molar-refractivity contribution is 5.62. The molecule has 0 aliphatic heterocycles.